The number of nitro groups is 1. The van der Waals surface area contributed by atoms with E-state index in [0.29, 0.717) is 11.4 Å². The number of non-ortho nitro benzene ring substituents is 1. The number of aromatic nitrogens is 1. The summed E-state index contributed by atoms with van der Waals surface area (Å²) >= 11 is 0. The van der Waals surface area contributed by atoms with E-state index in [1.54, 1.807) is 12.1 Å². The number of benzene rings is 3. The molecule has 4 rings (SSSR count). The number of pyridine rings is 1. The van der Waals surface area contributed by atoms with E-state index in [-0.39, 0.29) is 17.5 Å². The molecule has 8 nitrogen and oxygen atoms in total. The number of anilines is 2. The molecule has 2 N–H and O–H groups in total. The van der Waals surface area contributed by atoms with Crippen LogP contribution in [0, 0.1) is 10.1 Å². The molecule has 0 unspecified atom stereocenters. The van der Waals surface area contributed by atoms with Gasteiger partial charge in [-0.25, -0.2) is 0 Å². The van der Waals surface area contributed by atoms with Crippen molar-refractivity contribution in [1.29, 1.82) is 0 Å². The maximum absolute atomic E-state index is 11.6. The molecule has 32 heavy (non-hydrogen) atoms. The van der Waals surface area contributed by atoms with Crippen LogP contribution in [-0.4, -0.2) is 16.7 Å². The van der Waals surface area contributed by atoms with Gasteiger partial charge in [0, 0.05) is 54.4 Å². The first-order valence-corrected chi connectivity index (χ1v) is 9.94. The van der Waals surface area contributed by atoms with Crippen LogP contribution < -0.4 is 15.2 Å². The summed E-state index contributed by atoms with van der Waals surface area (Å²) in [4.78, 5) is 33.8. The lowest BCUT2D eigenvalue weighted by Gasteiger charge is -2.12. The number of hydrogen-bond donors (Lipinski definition) is 2. The van der Waals surface area contributed by atoms with Gasteiger partial charge in [0.1, 0.15) is 7.05 Å². The van der Waals surface area contributed by atoms with Crippen molar-refractivity contribution in [2.45, 2.75) is 13.8 Å². The summed E-state index contributed by atoms with van der Waals surface area (Å²) in [6.45, 7) is 2.90. The Morgan fingerprint density at radius 2 is 1.38 bits per heavy atom. The molecule has 160 valence electrons. The quantitative estimate of drug-likeness (QED) is 0.218. The molecule has 3 aromatic carbocycles. The van der Waals surface area contributed by atoms with Gasteiger partial charge in [-0.05, 0) is 36.4 Å². The molecule has 1 aromatic heterocycles. The van der Waals surface area contributed by atoms with Crippen molar-refractivity contribution in [2.75, 3.05) is 10.6 Å². The molecule has 0 atom stereocenters. The molecule has 4 aromatic rings. The predicted octanol–water partition coefficient (Wildman–Crippen LogP) is 4.31. The third kappa shape index (κ3) is 3.85. The fraction of sp³-hybridized carbons (Fsp3) is 0.125. The lowest BCUT2D eigenvalue weighted by molar-refractivity contribution is -0.632. The zero-order chi connectivity index (χ0) is 23.0. The summed E-state index contributed by atoms with van der Waals surface area (Å²) in [7, 11) is 1.90. The zero-order valence-corrected chi connectivity index (χ0v) is 17.8. The summed E-state index contributed by atoms with van der Waals surface area (Å²) in [5.41, 5.74) is 3.83. The van der Waals surface area contributed by atoms with Crippen LogP contribution >= 0.6 is 0 Å². The first kappa shape index (κ1) is 20.9. The van der Waals surface area contributed by atoms with E-state index in [9.17, 15) is 19.7 Å². The average Bonchev–Trinajstić information content (AvgIpc) is 2.73. The maximum Gasteiger partial charge on any atom is 0.269 e. The minimum absolute atomic E-state index is 0.00776. The molecule has 1 heterocycles. The number of nitro benzene ring substituents is 1. The smallest absolute Gasteiger partial charge is 0.269 e. The van der Waals surface area contributed by atoms with E-state index in [1.165, 1.54) is 26.0 Å². The van der Waals surface area contributed by atoms with Gasteiger partial charge >= 0.3 is 0 Å². The molecule has 8 heteroatoms. The summed E-state index contributed by atoms with van der Waals surface area (Å²) in [5, 5.41) is 19.5. The molecule has 0 aliphatic heterocycles. The molecule has 0 saturated heterocycles. The van der Waals surface area contributed by atoms with E-state index < -0.39 is 4.92 Å². The first-order valence-electron chi connectivity index (χ1n) is 9.94. The summed E-state index contributed by atoms with van der Waals surface area (Å²) in [6, 6.07) is 17.7. The monoisotopic (exact) mass is 429 g/mol. The number of amides is 2. The largest absolute Gasteiger partial charge is 0.326 e. The third-order valence-corrected chi connectivity index (χ3v) is 5.25. The second-order valence-corrected chi connectivity index (χ2v) is 7.57. The van der Waals surface area contributed by atoms with Gasteiger partial charge in [0.2, 0.25) is 23.0 Å². The number of carbonyl (C=O) groups is 2. The van der Waals surface area contributed by atoms with Crippen molar-refractivity contribution < 1.29 is 19.1 Å². The van der Waals surface area contributed by atoms with Crippen molar-refractivity contribution in [3.63, 3.8) is 0 Å². The predicted molar refractivity (Wildman–Crippen MR) is 123 cm³/mol. The molecule has 0 bridgehead atoms. The van der Waals surface area contributed by atoms with Crippen molar-refractivity contribution in [3.05, 3.63) is 70.8 Å². The zero-order valence-electron chi connectivity index (χ0n) is 17.8. The Balaban J connectivity index is 2.05. The van der Waals surface area contributed by atoms with Gasteiger partial charge in [-0.15, -0.1) is 0 Å². The van der Waals surface area contributed by atoms with Crippen LogP contribution in [0.5, 0.6) is 0 Å². The second-order valence-electron chi connectivity index (χ2n) is 7.57. The molecular weight excluding hydrogens is 408 g/mol. The van der Waals surface area contributed by atoms with E-state index in [1.807, 2.05) is 48.0 Å². The van der Waals surface area contributed by atoms with E-state index >= 15 is 0 Å². The fourth-order valence-corrected chi connectivity index (χ4v) is 3.97. The van der Waals surface area contributed by atoms with E-state index in [2.05, 4.69) is 10.6 Å². The first-order chi connectivity index (χ1) is 15.2. The highest BCUT2D eigenvalue weighted by Crippen LogP contribution is 2.34. The van der Waals surface area contributed by atoms with Gasteiger partial charge < -0.3 is 10.6 Å². The molecule has 2 amide bonds. The Morgan fingerprint density at radius 3 is 1.94 bits per heavy atom. The van der Waals surface area contributed by atoms with E-state index in [0.717, 1.165) is 32.9 Å². The number of aryl methyl sites for hydroxylation is 1. The molecule has 0 radical (unpaired) electrons. The maximum atomic E-state index is 11.6. The Hall–Kier alpha value is -4.33. The van der Waals surface area contributed by atoms with Crippen molar-refractivity contribution in [3.8, 4) is 11.3 Å². The minimum Gasteiger partial charge on any atom is -0.326 e. The molecule has 0 fully saturated rings. The van der Waals surface area contributed by atoms with Crippen LogP contribution in [-0.2, 0) is 16.6 Å². The fourth-order valence-electron chi connectivity index (χ4n) is 3.97. The summed E-state index contributed by atoms with van der Waals surface area (Å²) in [6.07, 6.45) is 0. The second kappa shape index (κ2) is 8.07. The average molecular weight is 429 g/mol. The lowest BCUT2D eigenvalue weighted by atomic mass is 9.98. The van der Waals surface area contributed by atoms with Crippen LogP contribution in [0.1, 0.15) is 13.8 Å². The van der Waals surface area contributed by atoms with Gasteiger partial charge in [0.25, 0.3) is 5.69 Å². The summed E-state index contributed by atoms with van der Waals surface area (Å²) < 4.78 is 1.99. The minimum atomic E-state index is -0.434. The normalized spacial score (nSPS) is 10.8. The Morgan fingerprint density at radius 1 is 0.812 bits per heavy atom. The highest BCUT2D eigenvalue weighted by molar-refractivity contribution is 6.11. The van der Waals surface area contributed by atoms with Crippen LogP contribution in [0.15, 0.2) is 60.7 Å². The van der Waals surface area contributed by atoms with Gasteiger partial charge in [0.05, 0.1) is 15.7 Å². The lowest BCUT2D eigenvalue weighted by Crippen LogP contribution is -2.32. The van der Waals surface area contributed by atoms with Crippen LogP contribution in [0.4, 0.5) is 17.1 Å². The number of carbonyl (C=O) groups excluding carboxylic acids is 2. The van der Waals surface area contributed by atoms with Crippen LogP contribution in [0.25, 0.3) is 32.9 Å². The number of rotatable bonds is 4. The van der Waals surface area contributed by atoms with Crippen LogP contribution in [0.3, 0.4) is 0 Å². The van der Waals surface area contributed by atoms with Crippen molar-refractivity contribution in [2.24, 2.45) is 7.05 Å². The van der Waals surface area contributed by atoms with Crippen molar-refractivity contribution >= 4 is 50.6 Å². The summed E-state index contributed by atoms with van der Waals surface area (Å²) in [5.74, 6) is -0.338. The molecule has 0 aliphatic carbocycles. The highest BCUT2D eigenvalue weighted by Gasteiger charge is 2.22. The number of fused-ring (bicyclic) bond motifs is 3. The molecule has 0 saturated carbocycles. The van der Waals surface area contributed by atoms with Crippen LogP contribution in [0.2, 0.25) is 0 Å². The number of nitrogens with one attached hydrogen (secondary N) is 2. The number of hydrogen-bond acceptors (Lipinski definition) is 4. The SMILES string of the molecule is CC(=O)Nc1ccc2c(c1)c(-c1ccc([N+](=O)[O-])cc1)[n+](C)c1cc(NC(C)=O)ccc21. The van der Waals surface area contributed by atoms with Crippen molar-refractivity contribution in [1.82, 2.24) is 0 Å². The van der Waals surface area contributed by atoms with Gasteiger partial charge in [0.15, 0.2) is 0 Å². The van der Waals surface area contributed by atoms with Gasteiger partial charge in [-0.1, -0.05) is 6.07 Å². The standard InChI is InChI=1S/C24H20N4O4/c1-14(29)25-17-6-10-20-21-11-7-18(26-15(2)30)13-23(21)27(3)24(22(20)12-17)16-4-8-19(9-5-16)28(31)32/h4-13H,1-3H3,(H,25,29)/p+1. The Labute approximate surface area is 183 Å². The molecule has 0 aliphatic rings. The van der Waals surface area contributed by atoms with Gasteiger partial charge in [-0.3, -0.25) is 19.7 Å². The topological polar surface area (TPSA) is 105 Å². The highest BCUT2D eigenvalue weighted by atomic mass is 16.6. The number of nitrogens with zero attached hydrogens (tertiary/aromatic N) is 2. The molecule has 0 spiro atoms. The molecular formula is C24H21N4O4+. The Kier molecular flexibility index (Phi) is 5.28. The van der Waals surface area contributed by atoms with Gasteiger partial charge in [-0.2, -0.15) is 4.57 Å². The Bertz CT molecular complexity index is 1410. The van der Waals surface area contributed by atoms with E-state index in [4.69, 9.17) is 0 Å². The third-order valence-electron chi connectivity index (χ3n) is 5.25.